The molecule has 0 atom stereocenters. The number of halogens is 2. The molecule has 0 saturated carbocycles. The summed E-state index contributed by atoms with van der Waals surface area (Å²) in [5, 5.41) is 9.35. The normalized spacial score (nSPS) is 12.9. The van der Waals surface area contributed by atoms with Gasteiger partial charge in [-0.1, -0.05) is 26.0 Å². The highest BCUT2D eigenvalue weighted by Crippen LogP contribution is 2.50. The Balaban J connectivity index is 1.39. The predicted octanol–water partition coefficient (Wildman–Crippen LogP) is 6.42. The van der Waals surface area contributed by atoms with Crippen molar-refractivity contribution in [1.82, 2.24) is 0 Å². The highest BCUT2D eigenvalue weighted by molar-refractivity contribution is 5.92. The molecule has 0 radical (unpaired) electrons. The number of fused-ring (bicyclic) bond motifs is 3. The lowest BCUT2D eigenvalue weighted by Gasteiger charge is -2.22. The third-order valence-electron chi connectivity index (χ3n) is 6.61. The molecule has 0 fully saturated rings. The average molecular weight is 516 g/mol. The second-order valence-corrected chi connectivity index (χ2v) is 9.33. The molecular formula is C30H22F2O6. The third-order valence-corrected chi connectivity index (χ3v) is 6.61. The van der Waals surface area contributed by atoms with Gasteiger partial charge in [-0.25, -0.2) is 18.4 Å². The molecule has 192 valence electrons. The minimum absolute atomic E-state index is 0.0267. The van der Waals surface area contributed by atoms with Gasteiger partial charge in [0.15, 0.2) is 23.1 Å². The number of rotatable bonds is 5. The van der Waals surface area contributed by atoms with Gasteiger partial charge in [-0.15, -0.1) is 0 Å². The summed E-state index contributed by atoms with van der Waals surface area (Å²) in [5.41, 5.74) is 3.11. The van der Waals surface area contributed by atoms with Crippen LogP contribution < -0.4 is 14.2 Å². The number of carbonyl (C=O) groups excluding carboxylic acids is 2. The van der Waals surface area contributed by atoms with E-state index in [1.165, 1.54) is 25.3 Å². The lowest BCUT2D eigenvalue weighted by molar-refractivity contribution is 0.0724. The summed E-state index contributed by atoms with van der Waals surface area (Å²) >= 11 is 0. The molecule has 0 aromatic heterocycles. The lowest BCUT2D eigenvalue weighted by atomic mass is 9.82. The van der Waals surface area contributed by atoms with Gasteiger partial charge in [0.05, 0.1) is 18.2 Å². The number of methoxy groups -OCH3 is 1. The van der Waals surface area contributed by atoms with Gasteiger partial charge in [0, 0.05) is 5.41 Å². The summed E-state index contributed by atoms with van der Waals surface area (Å²) in [7, 11) is 1.34. The van der Waals surface area contributed by atoms with Crippen molar-refractivity contribution in [2.24, 2.45) is 0 Å². The summed E-state index contributed by atoms with van der Waals surface area (Å²) in [6.07, 6.45) is 0. The summed E-state index contributed by atoms with van der Waals surface area (Å²) in [4.78, 5) is 25.2. The molecule has 4 aromatic carbocycles. The van der Waals surface area contributed by atoms with Crippen LogP contribution in [0, 0.1) is 11.6 Å². The van der Waals surface area contributed by atoms with Crippen LogP contribution in [0.1, 0.15) is 45.7 Å². The smallest absolute Gasteiger partial charge is 0.343 e. The van der Waals surface area contributed by atoms with Gasteiger partial charge in [-0.2, -0.15) is 0 Å². The maximum Gasteiger partial charge on any atom is 0.343 e. The van der Waals surface area contributed by atoms with Crippen LogP contribution in [0.15, 0.2) is 72.8 Å². The van der Waals surface area contributed by atoms with E-state index in [1.54, 1.807) is 24.3 Å². The molecular weight excluding hydrogens is 494 g/mol. The van der Waals surface area contributed by atoms with Gasteiger partial charge in [-0.3, -0.25) is 0 Å². The van der Waals surface area contributed by atoms with Crippen molar-refractivity contribution in [3.8, 4) is 34.1 Å². The van der Waals surface area contributed by atoms with Crippen LogP contribution in [0.25, 0.3) is 11.1 Å². The Labute approximate surface area is 217 Å². The highest BCUT2D eigenvalue weighted by Gasteiger charge is 2.36. The summed E-state index contributed by atoms with van der Waals surface area (Å²) in [5.74, 6) is -3.01. The topological polar surface area (TPSA) is 82.1 Å². The van der Waals surface area contributed by atoms with Crippen LogP contribution in [0.5, 0.6) is 23.0 Å². The number of hydrogen-bond donors (Lipinski definition) is 1. The van der Waals surface area contributed by atoms with Crippen molar-refractivity contribution in [2.75, 3.05) is 7.11 Å². The molecule has 38 heavy (non-hydrogen) atoms. The largest absolute Gasteiger partial charge is 0.505 e. The zero-order valence-corrected chi connectivity index (χ0v) is 20.7. The molecule has 0 unspecified atom stereocenters. The van der Waals surface area contributed by atoms with Gasteiger partial charge < -0.3 is 19.3 Å². The number of benzene rings is 4. The monoisotopic (exact) mass is 516 g/mol. The molecule has 0 amide bonds. The number of hydrogen-bond acceptors (Lipinski definition) is 6. The second kappa shape index (κ2) is 9.30. The minimum atomic E-state index is -0.918. The fourth-order valence-electron chi connectivity index (χ4n) is 4.58. The van der Waals surface area contributed by atoms with Crippen LogP contribution in [0.4, 0.5) is 8.78 Å². The van der Waals surface area contributed by atoms with E-state index in [0.29, 0.717) is 5.75 Å². The highest BCUT2D eigenvalue weighted by atomic mass is 19.1. The zero-order chi connectivity index (χ0) is 27.2. The first-order valence-corrected chi connectivity index (χ1v) is 11.6. The van der Waals surface area contributed by atoms with E-state index in [1.807, 2.05) is 26.0 Å². The van der Waals surface area contributed by atoms with Crippen LogP contribution in [-0.4, -0.2) is 24.2 Å². The average Bonchev–Trinajstić information content (AvgIpc) is 3.11. The number of ether oxygens (including phenoxy) is 3. The van der Waals surface area contributed by atoms with Crippen molar-refractivity contribution in [1.29, 1.82) is 0 Å². The Morgan fingerprint density at radius 3 is 1.68 bits per heavy atom. The van der Waals surface area contributed by atoms with Gasteiger partial charge >= 0.3 is 11.9 Å². The molecule has 0 spiro atoms. The number of phenols is 1. The van der Waals surface area contributed by atoms with Gasteiger partial charge in [0.2, 0.25) is 0 Å². The van der Waals surface area contributed by atoms with Crippen LogP contribution in [0.3, 0.4) is 0 Å². The summed E-state index contributed by atoms with van der Waals surface area (Å²) in [6.45, 7) is 3.98. The molecule has 5 rings (SSSR count). The van der Waals surface area contributed by atoms with Gasteiger partial charge in [-0.05, 0) is 82.9 Å². The van der Waals surface area contributed by atoms with E-state index >= 15 is 0 Å². The van der Waals surface area contributed by atoms with Crippen molar-refractivity contribution in [3.05, 3.63) is 107 Å². The Bertz CT molecular complexity index is 1610. The van der Waals surface area contributed by atoms with E-state index < -0.39 is 34.7 Å². The second-order valence-electron chi connectivity index (χ2n) is 9.33. The standard InChI is InChI=1S/C30H22F2O6/c1-30(2)22-14-18(37-28(34)16-4-10-26(33)24(31)12-16)6-8-20(22)21-9-7-19(15-23(21)30)38-29(35)17-5-11-27(36-3)25(32)13-17/h4-15,33H,1-3H3. The minimum Gasteiger partial charge on any atom is -0.505 e. The number of phenolic OH excluding ortho intramolecular Hbond substituents is 1. The lowest BCUT2D eigenvalue weighted by Crippen LogP contribution is -2.16. The van der Waals surface area contributed by atoms with E-state index in [4.69, 9.17) is 14.2 Å². The maximum absolute atomic E-state index is 14.0. The molecule has 6 nitrogen and oxygen atoms in total. The van der Waals surface area contributed by atoms with Crippen LogP contribution in [-0.2, 0) is 5.41 Å². The quantitative estimate of drug-likeness (QED) is 0.243. The van der Waals surface area contributed by atoms with Gasteiger partial charge in [0.1, 0.15) is 11.5 Å². The molecule has 1 aliphatic rings. The van der Waals surface area contributed by atoms with Crippen molar-refractivity contribution in [2.45, 2.75) is 19.3 Å². The molecule has 8 heteroatoms. The Kier molecular flexibility index (Phi) is 6.11. The summed E-state index contributed by atoms with van der Waals surface area (Å²) < 4.78 is 43.6. The van der Waals surface area contributed by atoms with E-state index in [-0.39, 0.29) is 22.6 Å². The van der Waals surface area contributed by atoms with Crippen molar-refractivity contribution in [3.63, 3.8) is 0 Å². The Hall–Kier alpha value is -4.72. The van der Waals surface area contributed by atoms with E-state index in [2.05, 4.69) is 0 Å². The summed E-state index contributed by atoms with van der Waals surface area (Å²) in [6, 6.07) is 17.6. The molecule has 1 N–H and O–H groups in total. The first kappa shape index (κ1) is 25.0. The zero-order valence-electron chi connectivity index (χ0n) is 20.7. The number of esters is 2. The molecule has 1 aliphatic carbocycles. The van der Waals surface area contributed by atoms with Crippen molar-refractivity contribution < 1.29 is 37.7 Å². The van der Waals surface area contributed by atoms with E-state index in [9.17, 15) is 23.5 Å². The Morgan fingerprint density at radius 2 is 1.21 bits per heavy atom. The molecule has 0 heterocycles. The number of carbonyl (C=O) groups is 2. The molecule has 0 saturated heterocycles. The third kappa shape index (κ3) is 4.34. The fourth-order valence-corrected chi connectivity index (χ4v) is 4.58. The molecule has 0 bridgehead atoms. The number of aromatic hydroxyl groups is 1. The van der Waals surface area contributed by atoms with Gasteiger partial charge in [0.25, 0.3) is 0 Å². The molecule has 0 aliphatic heterocycles. The van der Waals surface area contributed by atoms with E-state index in [0.717, 1.165) is 40.5 Å². The fraction of sp³-hybridized carbons (Fsp3) is 0.133. The first-order valence-electron chi connectivity index (χ1n) is 11.6. The Morgan fingerprint density at radius 1 is 0.711 bits per heavy atom. The molecule has 4 aromatic rings. The van der Waals surface area contributed by atoms with Crippen LogP contribution in [0.2, 0.25) is 0 Å². The SMILES string of the molecule is COc1ccc(C(=O)Oc2ccc3c(c2)C(C)(C)c2cc(OC(=O)c4ccc(O)c(F)c4)ccc2-3)cc1F. The predicted molar refractivity (Wildman–Crippen MR) is 135 cm³/mol. The van der Waals surface area contributed by atoms with Crippen molar-refractivity contribution >= 4 is 11.9 Å². The first-order chi connectivity index (χ1) is 18.1. The maximum atomic E-state index is 14.0. The van der Waals surface area contributed by atoms with Crippen LogP contribution >= 0.6 is 0 Å².